The highest BCUT2D eigenvalue weighted by molar-refractivity contribution is 5.78. The number of nitrogens with one attached hydrogen (secondary N) is 1. The first-order valence-corrected chi connectivity index (χ1v) is 2.95. The SMILES string of the molecule is CCC(=O)NC(C)C=O. The average Bonchev–Trinajstić information content (AvgIpc) is 1.87. The van der Waals surface area contributed by atoms with Crippen molar-refractivity contribution in [2.75, 3.05) is 0 Å². The third kappa shape index (κ3) is 3.70. The molecule has 0 saturated heterocycles. The summed E-state index contributed by atoms with van der Waals surface area (Å²) in [5.74, 6) is -0.0883. The third-order valence-electron chi connectivity index (χ3n) is 0.914. The molecule has 3 nitrogen and oxygen atoms in total. The molecule has 0 fully saturated rings. The molecule has 0 spiro atoms. The molecule has 3 heteroatoms. The van der Waals surface area contributed by atoms with Crippen molar-refractivity contribution in [2.24, 2.45) is 0 Å². The predicted octanol–water partition coefficient (Wildman–Crippen LogP) is 0.1000. The number of aldehydes is 1. The molecule has 52 valence electrons. The molecule has 0 saturated carbocycles. The molecule has 1 unspecified atom stereocenters. The lowest BCUT2D eigenvalue weighted by Crippen LogP contribution is -2.32. The Balaban J connectivity index is 3.46. The van der Waals surface area contributed by atoms with E-state index in [1.807, 2.05) is 0 Å². The Morgan fingerprint density at radius 1 is 1.78 bits per heavy atom. The van der Waals surface area contributed by atoms with Gasteiger partial charge in [-0.1, -0.05) is 6.92 Å². The van der Waals surface area contributed by atoms with Crippen LogP contribution in [0.2, 0.25) is 0 Å². The molecular formula is C6H11NO2. The minimum Gasteiger partial charge on any atom is -0.347 e. The summed E-state index contributed by atoms with van der Waals surface area (Å²) in [6.45, 7) is 3.38. The topological polar surface area (TPSA) is 46.2 Å². The second kappa shape index (κ2) is 4.06. The Hall–Kier alpha value is -0.860. The molecule has 0 aliphatic carbocycles. The van der Waals surface area contributed by atoms with Crippen LogP contribution in [-0.2, 0) is 9.59 Å². The van der Waals surface area contributed by atoms with Crippen LogP contribution in [0.3, 0.4) is 0 Å². The van der Waals surface area contributed by atoms with Gasteiger partial charge in [-0.25, -0.2) is 0 Å². The lowest BCUT2D eigenvalue weighted by Gasteiger charge is -2.03. The van der Waals surface area contributed by atoms with E-state index in [-0.39, 0.29) is 11.9 Å². The average molecular weight is 129 g/mol. The van der Waals surface area contributed by atoms with Gasteiger partial charge in [0.15, 0.2) is 0 Å². The van der Waals surface area contributed by atoms with E-state index in [0.717, 1.165) is 0 Å². The molecule has 0 heterocycles. The summed E-state index contributed by atoms with van der Waals surface area (Å²) in [6, 6.07) is -0.350. The lowest BCUT2D eigenvalue weighted by molar-refractivity contribution is -0.123. The van der Waals surface area contributed by atoms with Crippen LogP contribution in [0.25, 0.3) is 0 Å². The van der Waals surface area contributed by atoms with E-state index in [4.69, 9.17) is 0 Å². The summed E-state index contributed by atoms with van der Waals surface area (Å²) in [7, 11) is 0. The first kappa shape index (κ1) is 8.14. The van der Waals surface area contributed by atoms with Gasteiger partial charge in [0.05, 0.1) is 6.04 Å². The third-order valence-corrected chi connectivity index (χ3v) is 0.914. The Bertz CT molecular complexity index is 112. The molecule has 1 atom stereocenters. The van der Waals surface area contributed by atoms with E-state index >= 15 is 0 Å². The van der Waals surface area contributed by atoms with E-state index in [0.29, 0.717) is 12.7 Å². The standard InChI is InChI=1S/C6H11NO2/c1-3-6(9)7-5(2)4-8/h4-5H,3H2,1-2H3,(H,7,9). The minimum atomic E-state index is -0.350. The second-order valence-electron chi connectivity index (χ2n) is 1.85. The maximum atomic E-state index is 10.5. The van der Waals surface area contributed by atoms with Crippen LogP contribution in [0.5, 0.6) is 0 Å². The summed E-state index contributed by atoms with van der Waals surface area (Å²) in [4.78, 5) is 20.5. The number of hydrogen-bond donors (Lipinski definition) is 1. The molecule has 0 aliphatic rings. The highest BCUT2D eigenvalue weighted by Gasteiger charge is 2.00. The van der Waals surface area contributed by atoms with Crippen LogP contribution in [0.1, 0.15) is 20.3 Å². The molecule has 0 rings (SSSR count). The Labute approximate surface area is 54.4 Å². The summed E-state index contributed by atoms with van der Waals surface area (Å²) < 4.78 is 0. The van der Waals surface area contributed by atoms with Gasteiger partial charge in [0.25, 0.3) is 0 Å². The van der Waals surface area contributed by atoms with Crippen LogP contribution in [0.15, 0.2) is 0 Å². The van der Waals surface area contributed by atoms with Crippen molar-refractivity contribution in [2.45, 2.75) is 26.3 Å². The molecule has 1 N–H and O–H groups in total. The maximum absolute atomic E-state index is 10.5. The van der Waals surface area contributed by atoms with E-state index < -0.39 is 0 Å². The molecule has 0 bridgehead atoms. The van der Waals surface area contributed by atoms with Crippen molar-refractivity contribution in [1.82, 2.24) is 5.32 Å². The van der Waals surface area contributed by atoms with E-state index in [9.17, 15) is 9.59 Å². The van der Waals surface area contributed by atoms with Gasteiger partial charge in [-0.05, 0) is 6.92 Å². The molecule has 0 aromatic heterocycles. The van der Waals surface area contributed by atoms with Gasteiger partial charge in [0.2, 0.25) is 5.91 Å². The van der Waals surface area contributed by atoms with Gasteiger partial charge in [0, 0.05) is 6.42 Å². The molecule has 0 aromatic rings. The summed E-state index contributed by atoms with van der Waals surface area (Å²) in [5, 5.41) is 2.47. The number of carbonyl (C=O) groups is 2. The number of amides is 1. The number of carbonyl (C=O) groups excluding carboxylic acids is 2. The van der Waals surface area contributed by atoms with Crippen LogP contribution in [0.4, 0.5) is 0 Å². The van der Waals surface area contributed by atoms with Gasteiger partial charge in [-0.2, -0.15) is 0 Å². The zero-order chi connectivity index (χ0) is 7.28. The van der Waals surface area contributed by atoms with Crippen molar-refractivity contribution in [1.29, 1.82) is 0 Å². The summed E-state index contributed by atoms with van der Waals surface area (Å²) >= 11 is 0. The highest BCUT2D eigenvalue weighted by Crippen LogP contribution is 1.78. The van der Waals surface area contributed by atoms with Gasteiger partial charge in [-0.3, -0.25) is 4.79 Å². The monoisotopic (exact) mass is 129 g/mol. The first-order chi connectivity index (χ1) is 4.20. The minimum absolute atomic E-state index is 0.0883. The Morgan fingerprint density at radius 2 is 2.33 bits per heavy atom. The van der Waals surface area contributed by atoms with Gasteiger partial charge >= 0.3 is 0 Å². The zero-order valence-corrected chi connectivity index (χ0v) is 5.68. The van der Waals surface area contributed by atoms with Crippen molar-refractivity contribution in [3.63, 3.8) is 0 Å². The predicted molar refractivity (Wildman–Crippen MR) is 34.0 cm³/mol. The van der Waals surface area contributed by atoms with Crippen LogP contribution in [-0.4, -0.2) is 18.2 Å². The number of hydrogen-bond acceptors (Lipinski definition) is 2. The fraction of sp³-hybridized carbons (Fsp3) is 0.667. The van der Waals surface area contributed by atoms with Crippen LogP contribution in [0, 0.1) is 0 Å². The second-order valence-corrected chi connectivity index (χ2v) is 1.85. The van der Waals surface area contributed by atoms with E-state index in [1.165, 1.54) is 0 Å². The number of rotatable bonds is 3. The fourth-order valence-corrected chi connectivity index (χ4v) is 0.390. The largest absolute Gasteiger partial charge is 0.347 e. The van der Waals surface area contributed by atoms with Crippen LogP contribution < -0.4 is 5.32 Å². The van der Waals surface area contributed by atoms with Crippen molar-refractivity contribution in [3.05, 3.63) is 0 Å². The van der Waals surface area contributed by atoms with E-state index in [2.05, 4.69) is 5.32 Å². The summed E-state index contributed by atoms with van der Waals surface area (Å²) in [5.41, 5.74) is 0. The van der Waals surface area contributed by atoms with Gasteiger partial charge in [0.1, 0.15) is 6.29 Å². The molecule has 0 radical (unpaired) electrons. The maximum Gasteiger partial charge on any atom is 0.220 e. The Morgan fingerprint density at radius 3 is 2.67 bits per heavy atom. The zero-order valence-electron chi connectivity index (χ0n) is 5.68. The van der Waals surface area contributed by atoms with Crippen molar-refractivity contribution < 1.29 is 9.59 Å². The molecule has 0 aliphatic heterocycles. The molecule has 9 heavy (non-hydrogen) atoms. The first-order valence-electron chi connectivity index (χ1n) is 2.95. The molecular weight excluding hydrogens is 118 g/mol. The van der Waals surface area contributed by atoms with Crippen molar-refractivity contribution in [3.8, 4) is 0 Å². The van der Waals surface area contributed by atoms with Gasteiger partial charge in [-0.15, -0.1) is 0 Å². The quantitative estimate of drug-likeness (QED) is 0.549. The molecule has 1 amide bonds. The fourth-order valence-electron chi connectivity index (χ4n) is 0.390. The Kier molecular flexibility index (Phi) is 3.67. The van der Waals surface area contributed by atoms with Gasteiger partial charge < -0.3 is 10.1 Å². The highest BCUT2D eigenvalue weighted by atomic mass is 16.2. The lowest BCUT2D eigenvalue weighted by atomic mass is 10.3. The van der Waals surface area contributed by atoms with Crippen molar-refractivity contribution >= 4 is 12.2 Å². The smallest absolute Gasteiger partial charge is 0.220 e. The normalized spacial score (nSPS) is 12.2. The van der Waals surface area contributed by atoms with Crippen LogP contribution >= 0.6 is 0 Å². The summed E-state index contributed by atoms with van der Waals surface area (Å²) in [6.07, 6.45) is 1.13. The van der Waals surface area contributed by atoms with E-state index in [1.54, 1.807) is 13.8 Å². The molecule has 0 aromatic carbocycles.